The molecule has 1 saturated carbocycles. The fraction of sp³-hybridized carbons (Fsp3) is 0.300. The van der Waals surface area contributed by atoms with Crippen molar-refractivity contribution in [3.63, 3.8) is 0 Å². The molecule has 26 heavy (non-hydrogen) atoms. The molecule has 1 aliphatic carbocycles. The van der Waals surface area contributed by atoms with Crippen molar-refractivity contribution >= 4 is 46.4 Å². The van der Waals surface area contributed by atoms with Gasteiger partial charge in [-0.05, 0) is 56.0 Å². The number of hydrogen-bond donors (Lipinski definition) is 2. The van der Waals surface area contributed by atoms with E-state index in [1.165, 1.54) is 0 Å². The molecule has 2 amide bonds. The molecule has 0 atom stereocenters. The van der Waals surface area contributed by atoms with E-state index in [0.29, 0.717) is 41.4 Å². The summed E-state index contributed by atoms with van der Waals surface area (Å²) in [7, 11) is 0. The SMILES string of the molecule is O=C(Nc1ccccc1)C1CCC(C(=O)Nc2ccc(Cl)cc2Cl)CC1. The van der Waals surface area contributed by atoms with Gasteiger partial charge in [0.15, 0.2) is 0 Å². The van der Waals surface area contributed by atoms with Gasteiger partial charge in [0.25, 0.3) is 0 Å². The molecule has 0 aromatic heterocycles. The number of benzene rings is 2. The Morgan fingerprint density at radius 3 is 1.96 bits per heavy atom. The normalized spacial score (nSPS) is 19.6. The van der Waals surface area contributed by atoms with Crippen LogP contribution in [0.3, 0.4) is 0 Å². The average Bonchev–Trinajstić information content (AvgIpc) is 2.65. The van der Waals surface area contributed by atoms with Gasteiger partial charge in [-0.15, -0.1) is 0 Å². The molecule has 0 spiro atoms. The smallest absolute Gasteiger partial charge is 0.227 e. The third kappa shape index (κ3) is 4.77. The number of nitrogens with one attached hydrogen (secondary N) is 2. The molecule has 2 aromatic rings. The van der Waals surface area contributed by atoms with Crippen LogP contribution in [0.2, 0.25) is 10.0 Å². The van der Waals surface area contributed by atoms with Gasteiger partial charge in [-0.1, -0.05) is 41.4 Å². The molecular weight excluding hydrogens is 371 g/mol. The van der Waals surface area contributed by atoms with Crippen LogP contribution in [0, 0.1) is 11.8 Å². The quantitative estimate of drug-likeness (QED) is 0.736. The van der Waals surface area contributed by atoms with E-state index in [9.17, 15) is 9.59 Å². The average molecular weight is 391 g/mol. The van der Waals surface area contributed by atoms with Crippen LogP contribution >= 0.6 is 23.2 Å². The lowest BCUT2D eigenvalue weighted by Gasteiger charge is -2.27. The highest BCUT2D eigenvalue weighted by Gasteiger charge is 2.30. The van der Waals surface area contributed by atoms with Crippen molar-refractivity contribution in [2.45, 2.75) is 25.7 Å². The van der Waals surface area contributed by atoms with Gasteiger partial charge in [-0.2, -0.15) is 0 Å². The Morgan fingerprint density at radius 2 is 1.38 bits per heavy atom. The lowest BCUT2D eigenvalue weighted by molar-refractivity contribution is -0.125. The van der Waals surface area contributed by atoms with Crippen LogP contribution in [0.5, 0.6) is 0 Å². The molecule has 2 aromatic carbocycles. The van der Waals surface area contributed by atoms with E-state index in [0.717, 1.165) is 5.69 Å². The number of carbonyl (C=O) groups excluding carboxylic acids is 2. The zero-order valence-electron chi connectivity index (χ0n) is 14.2. The second-order valence-electron chi connectivity index (χ2n) is 6.52. The Bertz CT molecular complexity index is 788. The number of halogens is 2. The van der Waals surface area contributed by atoms with Crippen molar-refractivity contribution in [1.29, 1.82) is 0 Å². The van der Waals surface area contributed by atoms with Gasteiger partial charge in [-0.3, -0.25) is 9.59 Å². The number of hydrogen-bond acceptors (Lipinski definition) is 2. The highest BCUT2D eigenvalue weighted by atomic mass is 35.5. The first-order valence-corrected chi connectivity index (χ1v) is 9.40. The van der Waals surface area contributed by atoms with Crippen molar-refractivity contribution in [3.05, 3.63) is 58.6 Å². The molecule has 0 aliphatic heterocycles. The molecule has 4 nitrogen and oxygen atoms in total. The van der Waals surface area contributed by atoms with Gasteiger partial charge < -0.3 is 10.6 Å². The summed E-state index contributed by atoms with van der Waals surface area (Å²) in [6, 6.07) is 14.4. The molecule has 0 unspecified atom stereocenters. The standard InChI is InChI=1S/C20H20Cl2N2O2/c21-15-10-11-18(17(22)12-15)24-20(26)14-8-6-13(7-9-14)19(25)23-16-4-2-1-3-5-16/h1-5,10-14H,6-9H2,(H,23,25)(H,24,26). The lowest BCUT2D eigenvalue weighted by atomic mass is 9.81. The molecule has 3 rings (SSSR count). The van der Waals surface area contributed by atoms with Gasteiger partial charge in [0, 0.05) is 22.5 Å². The maximum Gasteiger partial charge on any atom is 0.227 e. The van der Waals surface area contributed by atoms with Gasteiger partial charge in [0.05, 0.1) is 10.7 Å². The van der Waals surface area contributed by atoms with Gasteiger partial charge in [0.1, 0.15) is 0 Å². The lowest BCUT2D eigenvalue weighted by Crippen LogP contribution is -2.32. The highest BCUT2D eigenvalue weighted by Crippen LogP contribution is 2.32. The Hall–Kier alpha value is -2.04. The molecule has 0 bridgehead atoms. The van der Waals surface area contributed by atoms with Crippen molar-refractivity contribution in [2.75, 3.05) is 10.6 Å². The largest absolute Gasteiger partial charge is 0.326 e. The second-order valence-corrected chi connectivity index (χ2v) is 7.36. The maximum absolute atomic E-state index is 12.5. The molecule has 2 N–H and O–H groups in total. The summed E-state index contributed by atoms with van der Waals surface area (Å²) < 4.78 is 0. The first kappa shape index (κ1) is 18.7. The number of anilines is 2. The fourth-order valence-corrected chi connectivity index (χ4v) is 3.66. The van der Waals surface area contributed by atoms with Crippen LogP contribution < -0.4 is 10.6 Å². The first-order chi connectivity index (χ1) is 12.5. The second kappa shape index (κ2) is 8.56. The highest BCUT2D eigenvalue weighted by molar-refractivity contribution is 6.36. The van der Waals surface area contributed by atoms with Crippen LogP contribution in [-0.2, 0) is 9.59 Å². The predicted molar refractivity (Wildman–Crippen MR) is 106 cm³/mol. The van der Waals surface area contributed by atoms with Gasteiger partial charge in [0.2, 0.25) is 11.8 Å². The fourth-order valence-electron chi connectivity index (χ4n) is 3.21. The molecule has 1 fully saturated rings. The molecule has 136 valence electrons. The summed E-state index contributed by atoms with van der Waals surface area (Å²) in [5.41, 5.74) is 1.36. The van der Waals surface area contributed by atoms with Crippen LogP contribution in [-0.4, -0.2) is 11.8 Å². The van der Waals surface area contributed by atoms with Gasteiger partial charge in [-0.25, -0.2) is 0 Å². The summed E-state index contributed by atoms with van der Waals surface area (Å²) in [6.07, 6.45) is 2.77. The van der Waals surface area contributed by atoms with E-state index in [1.54, 1.807) is 18.2 Å². The van der Waals surface area contributed by atoms with Crippen LogP contribution in [0.4, 0.5) is 11.4 Å². The van der Waals surface area contributed by atoms with Crippen molar-refractivity contribution < 1.29 is 9.59 Å². The Kier molecular flexibility index (Phi) is 6.17. The first-order valence-electron chi connectivity index (χ1n) is 8.65. The summed E-state index contributed by atoms with van der Waals surface area (Å²) in [5.74, 6) is -0.201. The topological polar surface area (TPSA) is 58.2 Å². The summed E-state index contributed by atoms with van der Waals surface area (Å²) in [6.45, 7) is 0. The van der Waals surface area contributed by atoms with Crippen molar-refractivity contribution in [3.8, 4) is 0 Å². The minimum Gasteiger partial charge on any atom is -0.326 e. The summed E-state index contributed by atoms with van der Waals surface area (Å²) in [4.78, 5) is 24.8. The van der Waals surface area contributed by atoms with Crippen LogP contribution in [0.25, 0.3) is 0 Å². The Balaban J connectivity index is 1.51. The molecule has 0 radical (unpaired) electrons. The molecular formula is C20H20Cl2N2O2. The number of rotatable bonds is 4. The van der Waals surface area contributed by atoms with E-state index in [2.05, 4.69) is 10.6 Å². The van der Waals surface area contributed by atoms with E-state index >= 15 is 0 Å². The molecule has 0 saturated heterocycles. The maximum atomic E-state index is 12.5. The predicted octanol–water partition coefficient (Wildman–Crippen LogP) is 5.38. The van der Waals surface area contributed by atoms with Crippen molar-refractivity contribution in [1.82, 2.24) is 0 Å². The minimum atomic E-state index is -0.109. The van der Waals surface area contributed by atoms with Crippen LogP contribution in [0.1, 0.15) is 25.7 Å². The number of carbonyl (C=O) groups is 2. The van der Waals surface area contributed by atoms with E-state index in [4.69, 9.17) is 23.2 Å². The Morgan fingerprint density at radius 1 is 0.808 bits per heavy atom. The van der Waals surface area contributed by atoms with Crippen molar-refractivity contribution in [2.24, 2.45) is 11.8 Å². The summed E-state index contributed by atoms with van der Waals surface area (Å²) in [5, 5.41) is 6.74. The third-order valence-electron chi connectivity index (χ3n) is 4.70. The molecule has 1 aliphatic rings. The Labute approximate surface area is 162 Å². The monoisotopic (exact) mass is 390 g/mol. The zero-order valence-corrected chi connectivity index (χ0v) is 15.7. The van der Waals surface area contributed by atoms with E-state index in [-0.39, 0.29) is 23.7 Å². The third-order valence-corrected chi connectivity index (χ3v) is 5.25. The minimum absolute atomic E-state index is 0.0239. The van der Waals surface area contributed by atoms with Gasteiger partial charge >= 0.3 is 0 Å². The summed E-state index contributed by atoms with van der Waals surface area (Å²) >= 11 is 12.0. The van der Waals surface area contributed by atoms with E-state index in [1.807, 2.05) is 30.3 Å². The number of amides is 2. The van der Waals surface area contributed by atoms with E-state index < -0.39 is 0 Å². The number of para-hydroxylation sites is 1. The van der Waals surface area contributed by atoms with Crippen LogP contribution in [0.15, 0.2) is 48.5 Å². The molecule has 6 heteroatoms. The molecule has 0 heterocycles. The zero-order chi connectivity index (χ0) is 18.5.